The molecule has 0 spiro atoms. The van der Waals surface area contributed by atoms with Gasteiger partial charge in [0.2, 0.25) is 5.88 Å². The maximum atomic E-state index is 12.7. The number of hydrogen-bond donors (Lipinski definition) is 1. The predicted octanol–water partition coefficient (Wildman–Crippen LogP) is 2.39. The number of pyridine rings is 1. The molecule has 1 aromatic heterocycles. The Labute approximate surface area is 140 Å². The lowest BCUT2D eigenvalue weighted by atomic mass is 10.2. The summed E-state index contributed by atoms with van der Waals surface area (Å²) in [4.78, 5) is 15.2. The Hall–Kier alpha value is -2.61. The van der Waals surface area contributed by atoms with Gasteiger partial charge in [-0.15, -0.1) is 0 Å². The maximum Gasteiger partial charge on any atom is 0.337 e. The van der Waals surface area contributed by atoms with Crippen molar-refractivity contribution in [3.8, 4) is 5.88 Å². The van der Waals surface area contributed by atoms with Crippen molar-refractivity contribution in [3.63, 3.8) is 0 Å². The van der Waals surface area contributed by atoms with E-state index in [0.717, 1.165) is 4.31 Å². The molecule has 1 N–H and O–H groups in total. The van der Waals surface area contributed by atoms with Gasteiger partial charge < -0.3 is 9.84 Å². The zero-order valence-electron chi connectivity index (χ0n) is 13.5. The number of carbonyl (C=O) groups is 1. The minimum atomic E-state index is -3.94. The van der Waals surface area contributed by atoms with Gasteiger partial charge in [-0.3, -0.25) is 4.31 Å². The number of benzene rings is 1. The van der Waals surface area contributed by atoms with Crippen LogP contribution >= 0.6 is 0 Å². The SMILES string of the molecule is CC(C)Oc1ccc(S(=O)(=O)N(C)c2ccccc2C(=O)O)cn1. The largest absolute Gasteiger partial charge is 0.478 e. The molecule has 0 amide bonds. The summed E-state index contributed by atoms with van der Waals surface area (Å²) in [5.74, 6) is -0.885. The van der Waals surface area contributed by atoms with Crippen molar-refractivity contribution in [2.75, 3.05) is 11.4 Å². The van der Waals surface area contributed by atoms with Crippen LogP contribution in [0.5, 0.6) is 5.88 Å². The number of anilines is 1. The fraction of sp³-hybridized carbons (Fsp3) is 0.250. The third-order valence-electron chi connectivity index (χ3n) is 3.20. The van der Waals surface area contributed by atoms with Crippen LogP contribution in [-0.2, 0) is 10.0 Å². The molecule has 0 bridgehead atoms. The van der Waals surface area contributed by atoms with E-state index >= 15 is 0 Å². The van der Waals surface area contributed by atoms with E-state index in [1.807, 2.05) is 13.8 Å². The van der Waals surface area contributed by atoms with Crippen molar-refractivity contribution in [1.82, 2.24) is 4.98 Å². The molecule has 0 saturated carbocycles. The highest BCUT2D eigenvalue weighted by atomic mass is 32.2. The van der Waals surface area contributed by atoms with Crippen LogP contribution in [-0.4, -0.2) is 37.6 Å². The molecule has 0 aliphatic heterocycles. The Morgan fingerprint density at radius 2 is 1.88 bits per heavy atom. The third kappa shape index (κ3) is 3.65. The number of aromatic carboxylic acids is 1. The number of ether oxygens (including phenoxy) is 1. The lowest BCUT2D eigenvalue weighted by molar-refractivity contribution is 0.0698. The summed E-state index contributed by atoms with van der Waals surface area (Å²) in [5.41, 5.74) is -0.0243. The van der Waals surface area contributed by atoms with Crippen LogP contribution in [0.1, 0.15) is 24.2 Å². The minimum absolute atomic E-state index is 0.0544. The van der Waals surface area contributed by atoms with E-state index < -0.39 is 16.0 Å². The van der Waals surface area contributed by atoms with E-state index in [1.54, 1.807) is 6.07 Å². The molecule has 0 saturated heterocycles. The first-order valence-corrected chi connectivity index (χ1v) is 8.61. The first kappa shape index (κ1) is 17.7. The summed E-state index contributed by atoms with van der Waals surface area (Å²) in [7, 11) is -2.64. The summed E-state index contributed by atoms with van der Waals surface area (Å²) in [6.07, 6.45) is 1.11. The second-order valence-electron chi connectivity index (χ2n) is 5.29. The van der Waals surface area contributed by atoms with E-state index in [1.165, 1.54) is 43.6 Å². The smallest absolute Gasteiger partial charge is 0.337 e. The first-order valence-electron chi connectivity index (χ1n) is 7.17. The Kier molecular flexibility index (Phi) is 5.08. The number of carboxylic acids is 1. The molecule has 2 aromatic rings. The molecule has 8 heteroatoms. The molecule has 0 radical (unpaired) electrons. The molecule has 2 rings (SSSR count). The molecule has 7 nitrogen and oxygen atoms in total. The van der Waals surface area contributed by atoms with Gasteiger partial charge in [0.25, 0.3) is 10.0 Å². The lowest BCUT2D eigenvalue weighted by Gasteiger charge is -2.21. The van der Waals surface area contributed by atoms with Gasteiger partial charge >= 0.3 is 5.97 Å². The van der Waals surface area contributed by atoms with Crippen LogP contribution in [0, 0.1) is 0 Å². The quantitative estimate of drug-likeness (QED) is 0.859. The van der Waals surface area contributed by atoms with Gasteiger partial charge in [-0.2, -0.15) is 0 Å². The minimum Gasteiger partial charge on any atom is -0.478 e. The van der Waals surface area contributed by atoms with Crippen molar-refractivity contribution >= 4 is 21.7 Å². The molecule has 1 aromatic carbocycles. The summed E-state index contributed by atoms with van der Waals surface area (Å²) in [5, 5.41) is 9.22. The summed E-state index contributed by atoms with van der Waals surface area (Å²) in [6, 6.07) is 8.73. The van der Waals surface area contributed by atoms with Gasteiger partial charge in [0.1, 0.15) is 4.90 Å². The maximum absolute atomic E-state index is 12.7. The zero-order chi connectivity index (χ0) is 17.9. The predicted molar refractivity (Wildman–Crippen MR) is 89.0 cm³/mol. The van der Waals surface area contributed by atoms with E-state index in [9.17, 15) is 18.3 Å². The molecule has 0 unspecified atom stereocenters. The Bertz CT molecular complexity index is 832. The van der Waals surface area contributed by atoms with Crippen LogP contribution < -0.4 is 9.04 Å². The highest BCUT2D eigenvalue weighted by Crippen LogP contribution is 2.26. The molecule has 0 aliphatic carbocycles. The number of aromatic nitrogens is 1. The van der Waals surface area contributed by atoms with Gasteiger partial charge in [0.15, 0.2) is 0 Å². The molecule has 0 aliphatic rings. The molecular weight excluding hydrogens is 332 g/mol. The average Bonchev–Trinajstić information content (AvgIpc) is 2.54. The average molecular weight is 350 g/mol. The van der Waals surface area contributed by atoms with E-state index in [0.29, 0.717) is 5.88 Å². The van der Waals surface area contributed by atoms with Crippen molar-refractivity contribution < 1.29 is 23.1 Å². The second kappa shape index (κ2) is 6.88. The number of nitrogens with zero attached hydrogens (tertiary/aromatic N) is 2. The van der Waals surface area contributed by atoms with Crippen LogP contribution in [0.3, 0.4) is 0 Å². The van der Waals surface area contributed by atoms with Gasteiger partial charge in [0.05, 0.1) is 23.6 Å². The van der Waals surface area contributed by atoms with E-state index in [-0.39, 0.29) is 22.3 Å². The highest BCUT2D eigenvalue weighted by molar-refractivity contribution is 7.92. The van der Waals surface area contributed by atoms with Gasteiger partial charge in [-0.05, 0) is 32.0 Å². The van der Waals surface area contributed by atoms with Crippen molar-refractivity contribution in [3.05, 3.63) is 48.2 Å². The van der Waals surface area contributed by atoms with Gasteiger partial charge in [0, 0.05) is 13.1 Å². The molecular formula is C16H18N2O5S. The van der Waals surface area contributed by atoms with Gasteiger partial charge in [-0.1, -0.05) is 12.1 Å². The fourth-order valence-electron chi connectivity index (χ4n) is 2.05. The first-order chi connectivity index (χ1) is 11.2. The number of carboxylic acid groups (broad SMARTS) is 1. The van der Waals surface area contributed by atoms with Crippen LogP contribution in [0.4, 0.5) is 5.69 Å². The second-order valence-corrected chi connectivity index (χ2v) is 7.26. The summed E-state index contributed by atoms with van der Waals surface area (Å²) >= 11 is 0. The molecule has 0 fully saturated rings. The van der Waals surface area contributed by atoms with Crippen LogP contribution in [0.25, 0.3) is 0 Å². The Balaban J connectivity index is 2.38. The fourth-order valence-corrected chi connectivity index (χ4v) is 3.21. The summed E-state index contributed by atoms with van der Waals surface area (Å²) in [6.45, 7) is 3.67. The number of para-hydroxylation sites is 1. The topological polar surface area (TPSA) is 96.8 Å². The van der Waals surface area contributed by atoms with Gasteiger partial charge in [-0.25, -0.2) is 18.2 Å². The molecule has 128 valence electrons. The zero-order valence-corrected chi connectivity index (χ0v) is 14.3. The normalized spacial score (nSPS) is 11.3. The number of rotatable bonds is 6. The van der Waals surface area contributed by atoms with Crippen molar-refractivity contribution in [2.24, 2.45) is 0 Å². The summed E-state index contributed by atoms with van der Waals surface area (Å²) < 4.78 is 31.7. The third-order valence-corrected chi connectivity index (χ3v) is 4.95. The molecule has 1 heterocycles. The molecule has 24 heavy (non-hydrogen) atoms. The Morgan fingerprint density at radius 1 is 1.21 bits per heavy atom. The number of sulfonamides is 1. The molecule has 0 atom stereocenters. The van der Waals surface area contributed by atoms with Crippen molar-refractivity contribution in [1.29, 1.82) is 0 Å². The van der Waals surface area contributed by atoms with Crippen LogP contribution in [0.2, 0.25) is 0 Å². The standard InChI is InChI=1S/C16H18N2O5S/c1-11(2)23-15-9-8-12(10-17-15)24(21,22)18(3)14-7-5-4-6-13(14)16(19)20/h4-11H,1-3H3,(H,19,20). The monoisotopic (exact) mass is 350 g/mol. The van der Waals surface area contributed by atoms with E-state index in [4.69, 9.17) is 4.74 Å². The Morgan fingerprint density at radius 3 is 2.42 bits per heavy atom. The highest BCUT2D eigenvalue weighted by Gasteiger charge is 2.25. The number of hydrogen-bond acceptors (Lipinski definition) is 5. The van der Waals surface area contributed by atoms with Crippen LogP contribution in [0.15, 0.2) is 47.5 Å². The lowest BCUT2D eigenvalue weighted by Crippen LogP contribution is -2.28. The van der Waals surface area contributed by atoms with Crippen molar-refractivity contribution in [2.45, 2.75) is 24.8 Å². The van der Waals surface area contributed by atoms with E-state index in [2.05, 4.69) is 4.98 Å².